The number of benzene rings is 1. The number of nitrogens with one attached hydrogen (secondary N) is 1. The Kier molecular flexibility index (Phi) is 2.97. The number of para-hydroxylation sites is 1. The van der Waals surface area contributed by atoms with Gasteiger partial charge in [0.2, 0.25) is 0 Å². The zero-order valence-electron chi connectivity index (χ0n) is 11.5. The molecular formula is C16H16N2O2S. The van der Waals surface area contributed by atoms with E-state index in [0.717, 1.165) is 26.1 Å². The normalized spacial score (nSPS) is 24.7. The number of nitrogens with zero attached hydrogens (tertiary/aromatic N) is 1. The van der Waals surface area contributed by atoms with Gasteiger partial charge in [-0.25, -0.2) is 0 Å². The Hall–Kier alpha value is -1.85. The summed E-state index contributed by atoms with van der Waals surface area (Å²) in [6, 6.07) is 9.58. The molecule has 1 unspecified atom stereocenters. The summed E-state index contributed by atoms with van der Waals surface area (Å²) in [5.41, 5.74) is 1.38. The van der Waals surface area contributed by atoms with Gasteiger partial charge in [-0.3, -0.25) is 9.69 Å². The van der Waals surface area contributed by atoms with Gasteiger partial charge in [-0.15, -0.1) is 0 Å². The lowest BCUT2D eigenvalue weighted by atomic mass is 10.1. The number of ether oxygens (including phenoxy) is 1. The van der Waals surface area contributed by atoms with Crippen LogP contribution in [0.25, 0.3) is 0 Å². The quantitative estimate of drug-likeness (QED) is 0.926. The number of fused-ring (bicyclic) bond motifs is 1. The number of likely N-dealkylation sites (tertiary alicyclic amines) is 1. The minimum absolute atomic E-state index is 0.0331. The maximum atomic E-state index is 12.3. The Balaban J connectivity index is 1.53. The van der Waals surface area contributed by atoms with Gasteiger partial charge in [0.05, 0.1) is 12.1 Å². The fraction of sp³-hybridized carbons (Fsp3) is 0.312. The van der Waals surface area contributed by atoms with Crippen LogP contribution in [0.2, 0.25) is 0 Å². The summed E-state index contributed by atoms with van der Waals surface area (Å²) in [4.78, 5) is 14.6. The molecule has 1 aromatic heterocycles. The van der Waals surface area contributed by atoms with Crippen molar-refractivity contribution in [2.24, 2.45) is 0 Å². The fourth-order valence-corrected chi connectivity index (χ4v) is 3.73. The molecule has 0 aliphatic carbocycles. The molecular weight excluding hydrogens is 284 g/mol. The number of hydrogen-bond acceptors (Lipinski definition) is 4. The molecule has 0 radical (unpaired) electrons. The largest absolute Gasteiger partial charge is 0.466 e. The lowest BCUT2D eigenvalue weighted by molar-refractivity contribution is 0.0246. The van der Waals surface area contributed by atoms with Gasteiger partial charge < -0.3 is 10.1 Å². The van der Waals surface area contributed by atoms with Gasteiger partial charge >= 0.3 is 0 Å². The standard InChI is InChI=1S/C16H16N2O2S/c19-15-13-3-1-2-4-14(13)20-16(17-15)6-7-18(11-16)9-12-5-8-21-10-12/h1-5,8,10H,6-7,9,11H2,(H,17,19). The van der Waals surface area contributed by atoms with Crippen molar-refractivity contribution in [1.82, 2.24) is 10.2 Å². The van der Waals surface area contributed by atoms with Crippen LogP contribution in [0.3, 0.4) is 0 Å². The molecule has 1 N–H and O–H groups in total. The first-order chi connectivity index (χ1) is 10.2. The summed E-state index contributed by atoms with van der Waals surface area (Å²) < 4.78 is 6.13. The van der Waals surface area contributed by atoms with Crippen molar-refractivity contribution >= 4 is 17.2 Å². The van der Waals surface area contributed by atoms with Crippen molar-refractivity contribution in [3.05, 3.63) is 52.2 Å². The summed E-state index contributed by atoms with van der Waals surface area (Å²) in [6.45, 7) is 2.56. The van der Waals surface area contributed by atoms with E-state index in [1.807, 2.05) is 18.2 Å². The Morgan fingerprint density at radius 3 is 3.10 bits per heavy atom. The molecule has 1 saturated heterocycles. The van der Waals surface area contributed by atoms with E-state index >= 15 is 0 Å². The zero-order valence-corrected chi connectivity index (χ0v) is 12.4. The minimum Gasteiger partial charge on any atom is -0.466 e. The molecule has 0 saturated carbocycles. The molecule has 2 aliphatic heterocycles. The predicted molar refractivity (Wildman–Crippen MR) is 81.5 cm³/mol. The average molecular weight is 300 g/mol. The summed E-state index contributed by atoms with van der Waals surface area (Å²) >= 11 is 1.71. The van der Waals surface area contributed by atoms with Crippen molar-refractivity contribution in [2.45, 2.75) is 18.7 Å². The van der Waals surface area contributed by atoms with Gasteiger partial charge in [0.25, 0.3) is 5.91 Å². The second-order valence-electron chi connectivity index (χ2n) is 5.64. The molecule has 1 amide bonds. The van der Waals surface area contributed by atoms with Gasteiger partial charge in [-0.2, -0.15) is 11.3 Å². The number of amides is 1. The lowest BCUT2D eigenvalue weighted by Gasteiger charge is -2.36. The third kappa shape index (κ3) is 2.32. The van der Waals surface area contributed by atoms with Crippen LogP contribution >= 0.6 is 11.3 Å². The molecule has 4 rings (SSSR count). The third-order valence-electron chi connectivity index (χ3n) is 4.08. The van der Waals surface area contributed by atoms with E-state index < -0.39 is 5.72 Å². The highest BCUT2D eigenvalue weighted by Gasteiger charge is 2.45. The topological polar surface area (TPSA) is 41.6 Å². The van der Waals surface area contributed by atoms with Gasteiger partial charge in [0.1, 0.15) is 5.75 Å². The van der Waals surface area contributed by atoms with Crippen LogP contribution in [0.15, 0.2) is 41.1 Å². The first kappa shape index (κ1) is 12.9. The van der Waals surface area contributed by atoms with E-state index in [9.17, 15) is 4.79 Å². The van der Waals surface area contributed by atoms with Crippen LogP contribution in [0.4, 0.5) is 0 Å². The molecule has 108 valence electrons. The van der Waals surface area contributed by atoms with E-state index in [1.54, 1.807) is 17.4 Å². The first-order valence-electron chi connectivity index (χ1n) is 7.08. The second-order valence-corrected chi connectivity index (χ2v) is 6.42. The van der Waals surface area contributed by atoms with E-state index in [2.05, 4.69) is 27.0 Å². The van der Waals surface area contributed by atoms with Gasteiger partial charge in [-0.1, -0.05) is 12.1 Å². The maximum absolute atomic E-state index is 12.3. The summed E-state index contributed by atoms with van der Waals surface area (Å²) in [5, 5.41) is 7.32. The molecule has 1 atom stereocenters. The van der Waals surface area contributed by atoms with Crippen molar-refractivity contribution in [3.8, 4) is 5.75 Å². The van der Waals surface area contributed by atoms with E-state index in [0.29, 0.717) is 11.3 Å². The van der Waals surface area contributed by atoms with Crippen LogP contribution in [0.1, 0.15) is 22.3 Å². The summed E-state index contributed by atoms with van der Waals surface area (Å²) in [6.07, 6.45) is 0.817. The number of carbonyl (C=O) groups excluding carboxylic acids is 1. The first-order valence-corrected chi connectivity index (χ1v) is 8.02. The van der Waals surface area contributed by atoms with E-state index in [-0.39, 0.29) is 5.91 Å². The molecule has 1 spiro atoms. The summed E-state index contributed by atoms with van der Waals surface area (Å²) in [5.74, 6) is 0.660. The maximum Gasteiger partial charge on any atom is 0.258 e. The number of thiophene rings is 1. The molecule has 3 heterocycles. The Morgan fingerprint density at radius 1 is 1.33 bits per heavy atom. The van der Waals surface area contributed by atoms with Crippen LogP contribution in [-0.2, 0) is 6.54 Å². The number of rotatable bonds is 2. The highest BCUT2D eigenvalue weighted by Crippen LogP contribution is 2.33. The van der Waals surface area contributed by atoms with Crippen LogP contribution in [-0.4, -0.2) is 29.6 Å². The monoisotopic (exact) mass is 300 g/mol. The van der Waals surface area contributed by atoms with E-state index in [1.165, 1.54) is 5.56 Å². The molecule has 2 aromatic rings. The Morgan fingerprint density at radius 2 is 2.24 bits per heavy atom. The highest BCUT2D eigenvalue weighted by atomic mass is 32.1. The zero-order chi connectivity index (χ0) is 14.3. The van der Waals surface area contributed by atoms with Gasteiger partial charge in [0, 0.05) is 19.5 Å². The van der Waals surface area contributed by atoms with Crippen molar-refractivity contribution in [3.63, 3.8) is 0 Å². The molecule has 21 heavy (non-hydrogen) atoms. The molecule has 5 heteroatoms. The molecule has 4 nitrogen and oxygen atoms in total. The second kappa shape index (κ2) is 4.86. The number of hydrogen-bond donors (Lipinski definition) is 1. The van der Waals surface area contributed by atoms with Crippen molar-refractivity contribution in [2.75, 3.05) is 13.1 Å². The molecule has 0 bridgehead atoms. The SMILES string of the molecule is O=C1NC2(CCN(Cc3ccsc3)C2)Oc2ccccc21. The molecule has 1 fully saturated rings. The highest BCUT2D eigenvalue weighted by molar-refractivity contribution is 7.07. The minimum atomic E-state index is -0.568. The van der Waals surface area contributed by atoms with Crippen molar-refractivity contribution in [1.29, 1.82) is 0 Å². The van der Waals surface area contributed by atoms with Crippen molar-refractivity contribution < 1.29 is 9.53 Å². The smallest absolute Gasteiger partial charge is 0.258 e. The third-order valence-corrected chi connectivity index (χ3v) is 4.81. The molecule has 1 aromatic carbocycles. The molecule has 2 aliphatic rings. The Bertz CT molecular complexity index is 671. The average Bonchev–Trinajstić information content (AvgIpc) is 3.10. The lowest BCUT2D eigenvalue weighted by Crippen LogP contribution is -2.57. The predicted octanol–water partition coefficient (Wildman–Crippen LogP) is 2.47. The van der Waals surface area contributed by atoms with Gasteiger partial charge in [-0.05, 0) is 34.5 Å². The van der Waals surface area contributed by atoms with Crippen LogP contribution < -0.4 is 10.1 Å². The van der Waals surface area contributed by atoms with Crippen LogP contribution in [0.5, 0.6) is 5.75 Å². The number of carbonyl (C=O) groups is 1. The van der Waals surface area contributed by atoms with E-state index in [4.69, 9.17) is 4.74 Å². The summed E-state index contributed by atoms with van der Waals surface area (Å²) in [7, 11) is 0. The van der Waals surface area contributed by atoms with Gasteiger partial charge in [0.15, 0.2) is 5.72 Å². The Labute approximate surface area is 127 Å². The fourth-order valence-electron chi connectivity index (χ4n) is 3.07. The van der Waals surface area contributed by atoms with Crippen LogP contribution in [0, 0.1) is 0 Å².